The molecule has 0 aliphatic carbocycles. The molecule has 0 aliphatic rings. The Morgan fingerprint density at radius 1 is 1.05 bits per heavy atom. The van der Waals surface area contributed by atoms with Crippen molar-refractivity contribution in [3.05, 3.63) is 70.0 Å². The van der Waals surface area contributed by atoms with Gasteiger partial charge in [0.2, 0.25) is 0 Å². The van der Waals surface area contributed by atoms with E-state index in [9.17, 15) is 17.6 Å². The van der Waals surface area contributed by atoms with E-state index in [1.807, 2.05) is 0 Å². The molecule has 7 heteroatoms. The van der Waals surface area contributed by atoms with Crippen LogP contribution in [0.2, 0.25) is 5.02 Å². The van der Waals surface area contributed by atoms with Crippen LogP contribution in [-0.2, 0) is 6.18 Å². The number of nitrogens with one attached hydrogen (secondary N) is 1. The van der Waals surface area contributed by atoms with Crippen LogP contribution in [0.4, 0.5) is 17.6 Å². The first-order valence-electron chi connectivity index (χ1n) is 5.91. The van der Waals surface area contributed by atoms with Crippen molar-refractivity contribution in [2.24, 2.45) is 5.84 Å². The zero-order valence-corrected chi connectivity index (χ0v) is 11.3. The van der Waals surface area contributed by atoms with Crippen LogP contribution in [0, 0.1) is 5.82 Å². The maximum atomic E-state index is 13.1. The third-order valence-electron chi connectivity index (χ3n) is 3.02. The van der Waals surface area contributed by atoms with Gasteiger partial charge in [0.05, 0.1) is 11.6 Å². The molecule has 3 N–H and O–H groups in total. The lowest BCUT2D eigenvalue weighted by atomic mass is 9.94. The Morgan fingerprint density at radius 3 is 2.29 bits per heavy atom. The smallest absolute Gasteiger partial charge is 0.271 e. The van der Waals surface area contributed by atoms with Gasteiger partial charge in [-0.2, -0.15) is 13.2 Å². The Balaban J connectivity index is 2.57. The van der Waals surface area contributed by atoms with Crippen molar-refractivity contribution < 1.29 is 17.6 Å². The van der Waals surface area contributed by atoms with Gasteiger partial charge in [-0.25, -0.2) is 9.82 Å². The summed E-state index contributed by atoms with van der Waals surface area (Å²) in [6, 6.07) is 7.44. The molecule has 21 heavy (non-hydrogen) atoms. The highest BCUT2D eigenvalue weighted by Gasteiger charge is 2.35. The summed E-state index contributed by atoms with van der Waals surface area (Å²) < 4.78 is 52.3. The number of hydrazine groups is 1. The van der Waals surface area contributed by atoms with Crippen LogP contribution < -0.4 is 11.3 Å². The maximum Gasteiger partial charge on any atom is 0.416 e. The van der Waals surface area contributed by atoms with E-state index in [0.29, 0.717) is 0 Å². The van der Waals surface area contributed by atoms with Crippen LogP contribution in [-0.4, -0.2) is 0 Å². The van der Waals surface area contributed by atoms with Crippen LogP contribution in [0.25, 0.3) is 0 Å². The maximum absolute atomic E-state index is 13.1. The molecule has 2 nitrogen and oxygen atoms in total. The summed E-state index contributed by atoms with van der Waals surface area (Å²) >= 11 is 5.90. The van der Waals surface area contributed by atoms with Crippen LogP contribution in [0.15, 0.2) is 42.5 Å². The monoisotopic (exact) mass is 318 g/mol. The summed E-state index contributed by atoms with van der Waals surface area (Å²) in [4.78, 5) is 0. The second kappa shape index (κ2) is 6.01. The van der Waals surface area contributed by atoms with Gasteiger partial charge in [0.15, 0.2) is 0 Å². The van der Waals surface area contributed by atoms with E-state index in [4.69, 9.17) is 17.4 Å². The van der Waals surface area contributed by atoms with E-state index < -0.39 is 23.6 Å². The predicted octanol–water partition coefficient (Wildman–Crippen LogP) is 4.05. The van der Waals surface area contributed by atoms with Gasteiger partial charge in [-0.3, -0.25) is 5.84 Å². The molecule has 2 aromatic rings. The fraction of sp³-hybridized carbons (Fsp3) is 0.143. The first kappa shape index (κ1) is 15.8. The minimum Gasteiger partial charge on any atom is -0.271 e. The highest BCUT2D eigenvalue weighted by Crippen LogP contribution is 2.37. The van der Waals surface area contributed by atoms with E-state index >= 15 is 0 Å². The summed E-state index contributed by atoms with van der Waals surface area (Å²) in [5.41, 5.74) is 1.65. The lowest BCUT2D eigenvalue weighted by molar-refractivity contribution is -0.138. The zero-order chi connectivity index (χ0) is 15.6. The number of halogens is 5. The highest BCUT2D eigenvalue weighted by molar-refractivity contribution is 6.31. The minimum atomic E-state index is -4.53. The van der Waals surface area contributed by atoms with Gasteiger partial charge in [0, 0.05) is 5.02 Å². The standard InChI is InChI=1S/C14H11ClF4N2/c15-12-7-8(16)5-6-10(12)13(21-20)9-3-1-2-4-11(9)14(17,18)19/h1-7,13,21H,20H2. The summed E-state index contributed by atoms with van der Waals surface area (Å²) in [7, 11) is 0. The van der Waals surface area contributed by atoms with Crippen LogP contribution >= 0.6 is 11.6 Å². The third-order valence-corrected chi connectivity index (χ3v) is 3.34. The van der Waals surface area contributed by atoms with Crippen LogP contribution in [0.5, 0.6) is 0 Å². The van der Waals surface area contributed by atoms with Crippen molar-refractivity contribution in [1.29, 1.82) is 0 Å². The Bertz CT molecular complexity index is 643. The van der Waals surface area contributed by atoms with Gasteiger partial charge in [-0.15, -0.1) is 0 Å². The number of alkyl halides is 3. The molecular formula is C14H11ClF4N2. The lowest BCUT2D eigenvalue weighted by Crippen LogP contribution is -2.30. The summed E-state index contributed by atoms with van der Waals surface area (Å²) in [5.74, 6) is 4.81. The first-order chi connectivity index (χ1) is 9.84. The molecule has 0 heterocycles. The molecule has 0 bridgehead atoms. The number of hydrogen-bond donors (Lipinski definition) is 2. The summed E-state index contributed by atoms with van der Waals surface area (Å²) in [6.45, 7) is 0. The van der Waals surface area contributed by atoms with Crippen molar-refractivity contribution in [2.45, 2.75) is 12.2 Å². The summed E-state index contributed by atoms with van der Waals surface area (Å²) in [5, 5.41) is -0.00470. The Labute approximate surface area is 123 Å². The average molecular weight is 319 g/mol. The molecule has 0 aromatic heterocycles. The summed E-state index contributed by atoms with van der Waals surface area (Å²) in [6.07, 6.45) is -4.53. The molecule has 0 fully saturated rings. The van der Waals surface area contributed by atoms with Crippen molar-refractivity contribution in [2.75, 3.05) is 0 Å². The number of rotatable bonds is 3. The molecule has 0 spiro atoms. The minimum absolute atomic E-state index is 0.00470. The fourth-order valence-corrected chi connectivity index (χ4v) is 2.37. The van der Waals surface area contributed by atoms with Gasteiger partial charge in [0.1, 0.15) is 5.82 Å². The third kappa shape index (κ3) is 3.34. The topological polar surface area (TPSA) is 38.0 Å². The predicted molar refractivity (Wildman–Crippen MR) is 72.0 cm³/mol. The fourth-order valence-electron chi connectivity index (χ4n) is 2.09. The van der Waals surface area contributed by atoms with E-state index in [1.54, 1.807) is 0 Å². The molecule has 112 valence electrons. The molecule has 0 amide bonds. The number of hydrogen-bond acceptors (Lipinski definition) is 2. The van der Waals surface area contributed by atoms with Crippen molar-refractivity contribution >= 4 is 11.6 Å². The molecule has 0 aliphatic heterocycles. The molecule has 0 radical (unpaired) electrons. The molecule has 1 atom stereocenters. The van der Waals surface area contributed by atoms with Gasteiger partial charge >= 0.3 is 6.18 Å². The highest BCUT2D eigenvalue weighted by atomic mass is 35.5. The molecule has 2 aromatic carbocycles. The van der Waals surface area contributed by atoms with Gasteiger partial charge < -0.3 is 0 Å². The van der Waals surface area contributed by atoms with E-state index in [1.165, 1.54) is 24.3 Å². The quantitative estimate of drug-likeness (QED) is 0.509. The van der Waals surface area contributed by atoms with Crippen LogP contribution in [0.1, 0.15) is 22.7 Å². The second-order valence-electron chi connectivity index (χ2n) is 4.35. The number of nitrogens with two attached hydrogens (primary N) is 1. The average Bonchev–Trinajstić information content (AvgIpc) is 2.41. The van der Waals surface area contributed by atoms with E-state index in [0.717, 1.165) is 18.2 Å². The first-order valence-corrected chi connectivity index (χ1v) is 6.29. The molecule has 2 rings (SSSR count). The zero-order valence-electron chi connectivity index (χ0n) is 10.6. The molecular weight excluding hydrogens is 308 g/mol. The van der Waals surface area contributed by atoms with Crippen molar-refractivity contribution in [3.63, 3.8) is 0 Å². The molecule has 1 unspecified atom stereocenters. The SMILES string of the molecule is NNC(c1ccc(F)cc1Cl)c1ccccc1C(F)(F)F. The van der Waals surface area contributed by atoms with Crippen LogP contribution in [0.3, 0.4) is 0 Å². The van der Waals surface area contributed by atoms with E-state index in [2.05, 4.69) is 5.43 Å². The Kier molecular flexibility index (Phi) is 4.51. The Morgan fingerprint density at radius 2 is 1.71 bits per heavy atom. The van der Waals surface area contributed by atoms with Crippen molar-refractivity contribution in [1.82, 2.24) is 5.43 Å². The van der Waals surface area contributed by atoms with Gasteiger partial charge in [-0.05, 0) is 29.3 Å². The second-order valence-corrected chi connectivity index (χ2v) is 4.76. The largest absolute Gasteiger partial charge is 0.416 e. The molecule has 0 saturated carbocycles. The van der Waals surface area contributed by atoms with Gasteiger partial charge in [0.25, 0.3) is 0 Å². The number of benzene rings is 2. The molecule has 0 saturated heterocycles. The van der Waals surface area contributed by atoms with E-state index in [-0.39, 0.29) is 16.1 Å². The lowest BCUT2D eigenvalue weighted by Gasteiger charge is -2.22. The normalized spacial score (nSPS) is 13.2. The van der Waals surface area contributed by atoms with Gasteiger partial charge in [-0.1, -0.05) is 35.9 Å². The van der Waals surface area contributed by atoms with Crippen molar-refractivity contribution in [3.8, 4) is 0 Å². The Hall–Kier alpha value is -1.63.